The second-order valence-corrected chi connectivity index (χ2v) is 18.6. The van der Waals surface area contributed by atoms with Crippen LogP contribution in [0.5, 0.6) is 0 Å². The van der Waals surface area contributed by atoms with Crippen molar-refractivity contribution in [2.24, 2.45) is 40.4 Å². The lowest BCUT2D eigenvalue weighted by Gasteiger charge is -2.59. The SMILES string of the molecule is C=C1C=C[C@@]2(C)C(=C1)CC[C@@H]1[C@@H]2[C@@H](O)C[C@@]2(C)[C@H]1C[C@H]1O[C@@H](c3ccc(Cc4cccc(NC(=O)[C@H](C)CC(=O)C(C)C)c4)cc3)O[C@]12C(=O)COC(=O)CN(C)C. The fraction of sp³-hybridized carbons (Fsp3) is 0.542. The molecule has 2 aromatic rings. The molecule has 7 rings (SSSR count). The third-order valence-corrected chi connectivity index (χ3v) is 14.0. The third-order valence-electron chi connectivity index (χ3n) is 14.0. The molecule has 0 bridgehead atoms. The molecule has 10 heteroatoms. The largest absolute Gasteiger partial charge is 0.457 e. The molecule has 310 valence electrons. The molecule has 58 heavy (non-hydrogen) atoms. The van der Waals surface area contributed by atoms with Crippen molar-refractivity contribution in [1.29, 1.82) is 0 Å². The lowest BCUT2D eigenvalue weighted by molar-refractivity contribution is -0.202. The Balaban J connectivity index is 1.10. The number of esters is 1. The van der Waals surface area contributed by atoms with E-state index in [2.05, 4.69) is 44.0 Å². The first kappa shape index (κ1) is 41.9. The van der Waals surface area contributed by atoms with Crippen molar-refractivity contribution in [3.8, 4) is 0 Å². The van der Waals surface area contributed by atoms with Crippen LogP contribution in [0, 0.1) is 40.4 Å². The number of amides is 1. The molecular weight excluding hydrogens is 733 g/mol. The third kappa shape index (κ3) is 7.57. The Hall–Kier alpha value is -4.22. The molecule has 2 aromatic carbocycles. The molecule has 10 nitrogen and oxygen atoms in total. The molecule has 0 radical (unpaired) electrons. The Bertz CT molecular complexity index is 2020. The number of ether oxygens (including phenoxy) is 3. The van der Waals surface area contributed by atoms with Gasteiger partial charge in [-0.15, -0.1) is 0 Å². The highest BCUT2D eigenvalue weighted by Gasteiger charge is 2.76. The number of anilines is 1. The van der Waals surface area contributed by atoms with Crippen LogP contribution in [0.1, 0.15) is 89.7 Å². The normalized spacial score (nSPS) is 32.8. The summed E-state index contributed by atoms with van der Waals surface area (Å²) < 4.78 is 19.3. The Kier molecular flexibility index (Phi) is 11.6. The average molecular weight is 793 g/mol. The lowest BCUT2D eigenvalue weighted by Crippen LogP contribution is -2.63. The van der Waals surface area contributed by atoms with Gasteiger partial charge in [0.15, 0.2) is 18.5 Å². The van der Waals surface area contributed by atoms with Gasteiger partial charge in [-0.25, -0.2) is 0 Å². The molecule has 1 saturated heterocycles. The fourth-order valence-corrected chi connectivity index (χ4v) is 11.0. The average Bonchev–Trinajstić information content (AvgIpc) is 3.67. The highest BCUT2D eigenvalue weighted by molar-refractivity contribution is 5.95. The number of fused-ring (bicyclic) bond motifs is 7. The molecule has 1 amide bonds. The van der Waals surface area contributed by atoms with E-state index < -0.39 is 48.0 Å². The summed E-state index contributed by atoms with van der Waals surface area (Å²) in [6.45, 7) is 13.5. The maximum absolute atomic E-state index is 14.7. The summed E-state index contributed by atoms with van der Waals surface area (Å²) in [7, 11) is 3.54. The summed E-state index contributed by atoms with van der Waals surface area (Å²) in [6.07, 6.45) is 7.89. The first-order valence-electron chi connectivity index (χ1n) is 20.9. The smallest absolute Gasteiger partial charge is 0.320 e. The van der Waals surface area contributed by atoms with E-state index in [0.717, 1.165) is 35.1 Å². The molecule has 0 unspecified atom stereocenters. The number of allylic oxidation sites excluding steroid dienone is 5. The molecule has 10 atom stereocenters. The number of aliphatic hydroxyl groups excluding tert-OH is 1. The van der Waals surface area contributed by atoms with E-state index in [1.54, 1.807) is 25.9 Å². The quantitative estimate of drug-likeness (QED) is 0.203. The lowest BCUT2D eigenvalue weighted by atomic mass is 9.46. The number of ketones is 2. The second-order valence-electron chi connectivity index (χ2n) is 18.6. The molecule has 3 saturated carbocycles. The van der Waals surface area contributed by atoms with Gasteiger partial charge in [0, 0.05) is 46.3 Å². The van der Waals surface area contributed by atoms with Crippen LogP contribution in [-0.4, -0.2) is 78.5 Å². The van der Waals surface area contributed by atoms with E-state index in [0.29, 0.717) is 24.9 Å². The number of hydrogen-bond acceptors (Lipinski definition) is 9. The number of rotatable bonds is 13. The predicted molar refractivity (Wildman–Crippen MR) is 221 cm³/mol. The van der Waals surface area contributed by atoms with Gasteiger partial charge in [-0.05, 0) is 86.9 Å². The molecule has 0 aromatic heterocycles. The van der Waals surface area contributed by atoms with Gasteiger partial charge in [-0.2, -0.15) is 0 Å². The van der Waals surface area contributed by atoms with Crippen LogP contribution in [-0.2, 0) is 39.8 Å². The van der Waals surface area contributed by atoms with Gasteiger partial charge < -0.3 is 24.6 Å². The number of hydrogen-bond donors (Lipinski definition) is 2. The van der Waals surface area contributed by atoms with E-state index >= 15 is 0 Å². The number of likely N-dealkylation sites (N-methyl/N-ethyl adjacent to an activating group) is 1. The zero-order chi connectivity index (χ0) is 41.7. The van der Waals surface area contributed by atoms with Crippen molar-refractivity contribution in [1.82, 2.24) is 4.90 Å². The molecule has 1 aliphatic heterocycles. The van der Waals surface area contributed by atoms with Gasteiger partial charge in [-0.3, -0.25) is 24.1 Å². The van der Waals surface area contributed by atoms with E-state index in [-0.39, 0.29) is 59.5 Å². The first-order valence-corrected chi connectivity index (χ1v) is 20.9. The van der Waals surface area contributed by atoms with Crippen LogP contribution in [0.3, 0.4) is 0 Å². The van der Waals surface area contributed by atoms with Gasteiger partial charge in [0.25, 0.3) is 0 Å². The number of Topliss-reactive ketones (excluding diaryl/α,β-unsaturated/α-hetero) is 2. The van der Waals surface area contributed by atoms with Crippen molar-refractivity contribution < 1.29 is 38.5 Å². The summed E-state index contributed by atoms with van der Waals surface area (Å²) >= 11 is 0. The fourth-order valence-electron chi connectivity index (χ4n) is 11.0. The molecule has 1 heterocycles. The van der Waals surface area contributed by atoms with Crippen LogP contribution >= 0.6 is 0 Å². The summed E-state index contributed by atoms with van der Waals surface area (Å²) in [5.41, 5.74) is 3.25. The summed E-state index contributed by atoms with van der Waals surface area (Å²) in [5.74, 6) is -1.33. The van der Waals surface area contributed by atoms with Gasteiger partial charge in [0.05, 0.1) is 18.8 Å². The topological polar surface area (TPSA) is 131 Å². The van der Waals surface area contributed by atoms with Gasteiger partial charge in [-0.1, -0.05) is 101 Å². The zero-order valence-electron chi connectivity index (χ0n) is 35.1. The van der Waals surface area contributed by atoms with E-state index in [9.17, 15) is 24.3 Å². The Morgan fingerprint density at radius 2 is 1.79 bits per heavy atom. The second kappa shape index (κ2) is 16.1. The van der Waals surface area contributed by atoms with Crippen LogP contribution in [0.15, 0.2) is 84.5 Å². The van der Waals surface area contributed by atoms with Crippen LogP contribution in [0.2, 0.25) is 0 Å². The highest BCUT2D eigenvalue weighted by atomic mass is 16.7. The maximum Gasteiger partial charge on any atom is 0.320 e. The van der Waals surface area contributed by atoms with Gasteiger partial charge in [0.2, 0.25) is 11.7 Å². The summed E-state index contributed by atoms with van der Waals surface area (Å²) in [4.78, 5) is 54.1. The summed E-state index contributed by atoms with van der Waals surface area (Å²) in [5, 5.41) is 15.1. The molecule has 4 fully saturated rings. The van der Waals surface area contributed by atoms with E-state index in [1.807, 2.05) is 62.4 Å². The number of aliphatic hydroxyl groups is 1. The monoisotopic (exact) mass is 792 g/mol. The Labute approximate surface area is 343 Å². The summed E-state index contributed by atoms with van der Waals surface area (Å²) in [6, 6.07) is 15.6. The number of carbonyl (C=O) groups excluding carboxylic acids is 4. The van der Waals surface area contributed by atoms with E-state index in [4.69, 9.17) is 14.2 Å². The first-order chi connectivity index (χ1) is 27.4. The molecule has 4 aliphatic carbocycles. The van der Waals surface area contributed by atoms with Gasteiger partial charge in [0.1, 0.15) is 5.78 Å². The number of carbonyl (C=O) groups is 4. The Morgan fingerprint density at radius 1 is 1.05 bits per heavy atom. The van der Waals surface area contributed by atoms with Crippen LogP contribution in [0.4, 0.5) is 5.69 Å². The molecule has 5 aliphatic rings. The van der Waals surface area contributed by atoms with Crippen molar-refractivity contribution in [3.05, 3.63) is 101 Å². The van der Waals surface area contributed by atoms with Crippen molar-refractivity contribution in [2.75, 3.05) is 32.6 Å². The van der Waals surface area contributed by atoms with Crippen LogP contribution < -0.4 is 5.32 Å². The number of nitrogens with one attached hydrogen (secondary N) is 1. The van der Waals surface area contributed by atoms with Crippen molar-refractivity contribution >= 4 is 29.1 Å². The van der Waals surface area contributed by atoms with Crippen molar-refractivity contribution in [3.63, 3.8) is 0 Å². The van der Waals surface area contributed by atoms with Crippen LogP contribution in [0.25, 0.3) is 0 Å². The maximum atomic E-state index is 14.7. The van der Waals surface area contributed by atoms with E-state index in [1.165, 1.54) is 5.57 Å². The number of nitrogens with zero attached hydrogens (tertiary/aromatic N) is 1. The molecular formula is C48H60N2O8. The minimum Gasteiger partial charge on any atom is -0.457 e. The highest BCUT2D eigenvalue weighted by Crippen LogP contribution is 2.70. The number of benzene rings is 2. The predicted octanol–water partition coefficient (Wildman–Crippen LogP) is 7.17. The minimum absolute atomic E-state index is 0.0249. The zero-order valence-corrected chi connectivity index (χ0v) is 35.1. The standard InChI is InChI=1S/C48H60N2O8/c1-28(2)38(51)21-30(4)44(55)49-35-11-9-10-32(23-35)22-31-12-14-33(15-13-31)45-57-41-24-37-36-17-16-34-20-29(3)18-19-46(34,5)43(36)39(52)25-47(37,6)48(41,58-45)40(53)27-56-42(54)26-50(7)8/h9-15,18-20,23,28,30,36-37,39,41,43,45,52H,3,16-17,21-22,24-27H2,1-2,4-8H3,(H,49,55)/t30-,36+,37+,39+,41-,43-,45-,46+,47+,48-/m1/s1. The minimum atomic E-state index is -1.43. The van der Waals surface area contributed by atoms with Crippen molar-refractivity contribution in [2.45, 2.75) is 97.2 Å². The van der Waals surface area contributed by atoms with Gasteiger partial charge >= 0.3 is 5.97 Å². The molecule has 2 N–H and O–H groups in total. The molecule has 0 spiro atoms. The Morgan fingerprint density at radius 3 is 2.50 bits per heavy atom.